The minimum absolute atomic E-state index is 0.00591. The molecule has 1 atom stereocenters. The number of nitrogens with one attached hydrogen (secondary N) is 2. The van der Waals surface area contributed by atoms with Gasteiger partial charge in [0.1, 0.15) is 17.5 Å². The van der Waals surface area contributed by atoms with Crippen LogP contribution in [0.1, 0.15) is 62.0 Å². The number of carboxylic acid groups (broad SMARTS) is 1. The number of benzene rings is 3. The predicted octanol–water partition coefficient (Wildman–Crippen LogP) is 6.55. The van der Waals surface area contributed by atoms with Crippen LogP contribution in [0.5, 0.6) is 0 Å². The smallest absolute Gasteiger partial charge is 0.412 e. The first-order valence-electron chi connectivity index (χ1n) is 15.9. The van der Waals surface area contributed by atoms with E-state index in [1.54, 1.807) is 63.2 Å². The molecule has 1 unspecified atom stereocenters. The summed E-state index contributed by atoms with van der Waals surface area (Å²) in [7, 11) is 0. The quantitative estimate of drug-likeness (QED) is 0.173. The number of carbonyl (C=O) groups excluding carboxylic acids is 2. The topological polar surface area (TPSA) is 147 Å². The molecule has 0 radical (unpaired) electrons. The first-order chi connectivity index (χ1) is 22.8. The number of rotatable bonds is 10. The molecule has 0 saturated carbocycles. The summed E-state index contributed by atoms with van der Waals surface area (Å²) in [5, 5.41) is 18.9. The zero-order chi connectivity index (χ0) is 34.4. The van der Waals surface area contributed by atoms with Gasteiger partial charge in [-0.3, -0.25) is 15.0 Å². The van der Waals surface area contributed by atoms with Gasteiger partial charge < -0.3 is 19.7 Å². The molecule has 2 heterocycles. The summed E-state index contributed by atoms with van der Waals surface area (Å²) in [5.41, 5.74) is 2.28. The van der Waals surface area contributed by atoms with Gasteiger partial charge in [-0.2, -0.15) is 4.98 Å². The van der Waals surface area contributed by atoms with Gasteiger partial charge in [0.05, 0.1) is 5.56 Å². The van der Waals surface area contributed by atoms with Gasteiger partial charge >= 0.3 is 12.1 Å². The average Bonchev–Trinajstić information content (AvgIpc) is 3.51. The van der Waals surface area contributed by atoms with E-state index in [2.05, 4.69) is 32.6 Å². The van der Waals surface area contributed by atoms with Crippen molar-refractivity contribution in [3.8, 4) is 22.8 Å². The summed E-state index contributed by atoms with van der Waals surface area (Å²) in [6.45, 7) is 10.5. The molecule has 2 amide bonds. The summed E-state index contributed by atoms with van der Waals surface area (Å²) in [5.74, 6) is -1.54. The van der Waals surface area contributed by atoms with Crippen molar-refractivity contribution in [3.05, 3.63) is 89.2 Å². The molecule has 0 spiro atoms. The number of hydrogen-bond acceptors (Lipinski definition) is 8. The van der Waals surface area contributed by atoms with E-state index < -0.39 is 35.4 Å². The van der Waals surface area contributed by atoms with E-state index in [-0.39, 0.29) is 23.7 Å². The molecule has 3 N–H and O–H groups in total. The van der Waals surface area contributed by atoms with E-state index in [1.165, 1.54) is 25.0 Å². The molecule has 0 bridgehead atoms. The number of aromatic nitrogens is 2. The van der Waals surface area contributed by atoms with Crippen LogP contribution in [0.3, 0.4) is 0 Å². The Morgan fingerprint density at radius 2 is 1.69 bits per heavy atom. The third kappa shape index (κ3) is 9.25. The maximum absolute atomic E-state index is 15.2. The highest BCUT2D eigenvalue weighted by Crippen LogP contribution is 2.26. The second-order valence-electron chi connectivity index (χ2n) is 13.2. The molecule has 48 heavy (non-hydrogen) atoms. The standard InChI is InChI=1S/C36H40FN5O6/c1-22-15-17-42(18-16-22)21-23-5-8-25(9-6-23)32(43)39-30(34(44)45)20-24-7-14-28(29(37)19-24)31-40-33(48-41-31)26-10-12-27(13-11-26)38-35(46)47-36(2,3)4/h5-14,19,22,30H,15-18,20-21H2,1-4H3,(H,38,46)(H,39,43)(H,44,45). The highest BCUT2D eigenvalue weighted by Gasteiger charge is 2.23. The van der Waals surface area contributed by atoms with Crippen molar-refractivity contribution in [1.82, 2.24) is 20.4 Å². The number of carboxylic acids is 1. The Hall–Kier alpha value is -5.10. The lowest BCUT2D eigenvalue weighted by molar-refractivity contribution is -0.139. The van der Waals surface area contributed by atoms with E-state index >= 15 is 4.39 Å². The van der Waals surface area contributed by atoms with Gasteiger partial charge in [-0.25, -0.2) is 14.0 Å². The van der Waals surface area contributed by atoms with Gasteiger partial charge in [0.2, 0.25) is 5.82 Å². The largest absolute Gasteiger partial charge is 0.480 e. The van der Waals surface area contributed by atoms with Crippen LogP contribution < -0.4 is 10.6 Å². The summed E-state index contributed by atoms with van der Waals surface area (Å²) >= 11 is 0. The number of carbonyl (C=O) groups is 3. The van der Waals surface area contributed by atoms with E-state index in [4.69, 9.17) is 9.26 Å². The van der Waals surface area contributed by atoms with Gasteiger partial charge in [-0.1, -0.05) is 30.3 Å². The first-order valence-corrected chi connectivity index (χ1v) is 15.9. The fourth-order valence-corrected chi connectivity index (χ4v) is 5.35. The highest BCUT2D eigenvalue weighted by atomic mass is 19.1. The Morgan fingerprint density at radius 1 is 1.02 bits per heavy atom. The molecule has 12 heteroatoms. The lowest BCUT2D eigenvalue weighted by Gasteiger charge is -2.30. The lowest BCUT2D eigenvalue weighted by atomic mass is 9.99. The van der Waals surface area contributed by atoms with Crippen LogP contribution in [0.15, 0.2) is 71.3 Å². The molecule has 11 nitrogen and oxygen atoms in total. The first kappa shape index (κ1) is 34.2. The molecule has 5 rings (SSSR count). The fourth-order valence-electron chi connectivity index (χ4n) is 5.35. The Morgan fingerprint density at radius 3 is 2.31 bits per heavy atom. The molecule has 1 aromatic heterocycles. The fraction of sp³-hybridized carbons (Fsp3) is 0.361. The number of hydrogen-bond donors (Lipinski definition) is 3. The highest BCUT2D eigenvalue weighted by molar-refractivity contribution is 5.96. The molecule has 1 aliphatic rings. The van der Waals surface area contributed by atoms with Gasteiger partial charge in [-0.15, -0.1) is 0 Å². The summed E-state index contributed by atoms with van der Waals surface area (Å²) in [4.78, 5) is 43.7. The molecule has 1 saturated heterocycles. The Labute approximate surface area is 278 Å². The zero-order valence-electron chi connectivity index (χ0n) is 27.5. The maximum Gasteiger partial charge on any atom is 0.412 e. The van der Waals surface area contributed by atoms with Crippen LogP contribution >= 0.6 is 0 Å². The summed E-state index contributed by atoms with van der Waals surface area (Å²) < 4.78 is 25.8. The van der Waals surface area contributed by atoms with Crippen molar-refractivity contribution in [2.24, 2.45) is 5.92 Å². The number of aliphatic carboxylic acids is 1. The molecule has 1 aliphatic heterocycles. The number of anilines is 1. The number of nitrogens with zero attached hydrogens (tertiary/aromatic N) is 3. The minimum Gasteiger partial charge on any atom is -0.480 e. The third-order valence-electron chi connectivity index (χ3n) is 8.02. The average molecular weight is 658 g/mol. The summed E-state index contributed by atoms with van der Waals surface area (Å²) in [6.07, 6.45) is 1.63. The Kier molecular flexibility index (Phi) is 10.5. The normalized spacial score (nSPS) is 14.7. The van der Waals surface area contributed by atoms with E-state index in [1.807, 2.05) is 12.1 Å². The van der Waals surface area contributed by atoms with E-state index in [9.17, 15) is 19.5 Å². The van der Waals surface area contributed by atoms with Crippen LogP contribution in [0.4, 0.5) is 14.9 Å². The Balaban J connectivity index is 1.19. The minimum atomic E-state index is -1.28. The van der Waals surface area contributed by atoms with Crippen LogP contribution in [-0.4, -0.2) is 62.8 Å². The number of amides is 2. The molecule has 252 valence electrons. The number of piperidine rings is 1. The molecule has 3 aromatic carbocycles. The second kappa shape index (κ2) is 14.8. The Bertz CT molecular complexity index is 1740. The maximum atomic E-state index is 15.2. The van der Waals surface area contributed by atoms with Gasteiger partial charge in [0.15, 0.2) is 0 Å². The molecule has 0 aliphatic carbocycles. The van der Waals surface area contributed by atoms with Crippen molar-refractivity contribution in [2.75, 3.05) is 18.4 Å². The summed E-state index contributed by atoms with van der Waals surface area (Å²) in [6, 6.07) is 16.7. The van der Waals surface area contributed by atoms with Crippen LogP contribution in [0.2, 0.25) is 0 Å². The second-order valence-corrected chi connectivity index (χ2v) is 13.2. The zero-order valence-corrected chi connectivity index (χ0v) is 27.5. The van der Waals surface area contributed by atoms with Crippen LogP contribution in [0.25, 0.3) is 22.8 Å². The number of likely N-dealkylation sites (tertiary alicyclic amines) is 1. The molecular formula is C36H40FN5O6. The van der Waals surface area contributed by atoms with E-state index in [0.29, 0.717) is 22.4 Å². The monoisotopic (exact) mass is 657 g/mol. The van der Waals surface area contributed by atoms with Crippen molar-refractivity contribution < 1.29 is 33.1 Å². The lowest BCUT2D eigenvalue weighted by Crippen LogP contribution is -2.42. The third-order valence-corrected chi connectivity index (χ3v) is 8.02. The molecule has 1 fully saturated rings. The number of halogens is 1. The SMILES string of the molecule is CC1CCN(Cc2ccc(C(=O)NC(Cc3ccc(-c4noc(-c5ccc(NC(=O)OC(C)(C)C)cc5)n4)c(F)c3)C(=O)O)cc2)CC1. The van der Waals surface area contributed by atoms with Crippen molar-refractivity contribution >= 4 is 23.7 Å². The molecule has 4 aromatic rings. The van der Waals surface area contributed by atoms with Crippen molar-refractivity contribution in [3.63, 3.8) is 0 Å². The van der Waals surface area contributed by atoms with Crippen LogP contribution in [-0.2, 0) is 22.5 Å². The predicted molar refractivity (Wildman–Crippen MR) is 178 cm³/mol. The van der Waals surface area contributed by atoms with Gasteiger partial charge in [0, 0.05) is 29.8 Å². The number of ether oxygens (including phenoxy) is 1. The van der Waals surface area contributed by atoms with E-state index in [0.717, 1.165) is 31.1 Å². The molecular weight excluding hydrogens is 617 g/mol. The van der Waals surface area contributed by atoms with Crippen molar-refractivity contribution in [2.45, 2.75) is 65.1 Å². The van der Waals surface area contributed by atoms with Crippen LogP contribution in [0, 0.1) is 11.7 Å². The van der Waals surface area contributed by atoms with Gasteiger partial charge in [-0.05, 0) is 112 Å². The van der Waals surface area contributed by atoms with Gasteiger partial charge in [0.25, 0.3) is 11.8 Å². The van der Waals surface area contributed by atoms with Crippen molar-refractivity contribution in [1.29, 1.82) is 0 Å².